The second-order valence-electron chi connectivity index (χ2n) is 4.58. The maximum Gasteiger partial charge on any atom is 0.142 e. The Hall–Kier alpha value is -1.45. The Kier molecular flexibility index (Phi) is 4.88. The van der Waals surface area contributed by atoms with Crippen LogP contribution in [0.4, 0.5) is 4.39 Å². The number of nitrogens with zero attached hydrogens (tertiary/aromatic N) is 1. The summed E-state index contributed by atoms with van der Waals surface area (Å²) in [5, 5.41) is 0.180. The van der Waals surface area contributed by atoms with Crippen LogP contribution in [-0.4, -0.2) is 11.0 Å². The monoisotopic (exact) mass is 278 g/mol. The summed E-state index contributed by atoms with van der Waals surface area (Å²) in [5.74, 6) is -0.390. The van der Waals surface area contributed by atoms with Crippen molar-refractivity contribution in [2.45, 2.75) is 25.3 Å². The van der Waals surface area contributed by atoms with Crippen molar-refractivity contribution in [1.82, 2.24) is 4.98 Å². The molecule has 0 saturated carbocycles. The second-order valence-corrected chi connectivity index (χ2v) is 4.96. The van der Waals surface area contributed by atoms with Crippen LogP contribution in [-0.2, 0) is 12.8 Å². The maximum absolute atomic E-state index is 13.3. The number of halogens is 2. The summed E-state index contributed by atoms with van der Waals surface area (Å²) in [7, 11) is 0. The average Bonchev–Trinajstić information content (AvgIpc) is 2.43. The fourth-order valence-corrected chi connectivity index (χ4v) is 2.19. The normalized spacial score (nSPS) is 12.4. The topological polar surface area (TPSA) is 38.9 Å². The highest BCUT2D eigenvalue weighted by atomic mass is 35.5. The van der Waals surface area contributed by atoms with Crippen LogP contribution < -0.4 is 5.73 Å². The van der Waals surface area contributed by atoms with Crippen molar-refractivity contribution < 1.29 is 4.39 Å². The molecule has 1 atom stereocenters. The predicted octanol–water partition coefficient (Wildman–Crippen LogP) is 3.38. The fraction of sp³-hybridized carbons (Fsp3) is 0.267. The van der Waals surface area contributed by atoms with E-state index in [9.17, 15) is 4.39 Å². The van der Waals surface area contributed by atoms with Crippen LogP contribution in [0.1, 0.15) is 17.5 Å². The summed E-state index contributed by atoms with van der Waals surface area (Å²) >= 11 is 5.91. The first-order valence-electron chi connectivity index (χ1n) is 6.24. The third-order valence-electron chi connectivity index (χ3n) is 3.04. The van der Waals surface area contributed by atoms with E-state index in [0.717, 1.165) is 24.0 Å². The van der Waals surface area contributed by atoms with Crippen molar-refractivity contribution in [2.75, 3.05) is 0 Å². The van der Waals surface area contributed by atoms with Gasteiger partial charge >= 0.3 is 0 Å². The molecule has 1 aromatic carbocycles. The zero-order valence-electron chi connectivity index (χ0n) is 10.5. The molecule has 100 valence electrons. The standard InChI is InChI=1S/C15H16ClFN2/c16-15-12(4-1-5-14(15)17)9-13(18)7-6-11-3-2-8-19-10-11/h1-5,8,10,13H,6-7,9,18H2. The molecule has 0 fully saturated rings. The summed E-state index contributed by atoms with van der Waals surface area (Å²) in [6.07, 6.45) is 5.84. The smallest absolute Gasteiger partial charge is 0.142 e. The van der Waals surface area contributed by atoms with Gasteiger partial charge in [0.15, 0.2) is 0 Å². The lowest BCUT2D eigenvalue weighted by Gasteiger charge is -2.13. The highest BCUT2D eigenvalue weighted by Gasteiger charge is 2.10. The maximum atomic E-state index is 13.3. The molecule has 1 unspecified atom stereocenters. The van der Waals surface area contributed by atoms with Crippen LogP contribution in [0.2, 0.25) is 5.02 Å². The van der Waals surface area contributed by atoms with Gasteiger partial charge in [-0.3, -0.25) is 4.98 Å². The zero-order valence-corrected chi connectivity index (χ0v) is 11.3. The average molecular weight is 279 g/mol. The van der Waals surface area contributed by atoms with E-state index in [0.29, 0.717) is 6.42 Å². The lowest BCUT2D eigenvalue weighted by atomic mass is 10.0. The van der Waals surface area contributed by atoms with Crippen LogP contribution in [0.25, 0.3) is 0 Å². The number of rotatable bonds is 5. The molecule has 2 nitrogen and oxygen atoms in total. The Morgan fingerprint density at radius 3 is 2.84 bits per heavy atom. The Morgan fingerprint density at radius 2 is 2.11 bits per heavy atom. The van der Waals surface area contributed by atoms with E-state index in [2.05, 4.69) is 4.98 Å². The molecule has 2 N–H and O–H groups in total. The molecule has 1 heterocycles. The Bertz CT molecular complexity index is 531. The number of nitrogens with two attached hydrogens (primary N) is 1. The number of benzene rings is 1. The van der Waals surface area contributed by atoms with E-state index in [1.165, 1.54) is 6.07 Å². The zero-order chi connectivity index (χ0) is 13.7. The van der Waals surface area contributed by atoms with Crippen LogP contribution in [0.15, 0.2) is 42.7 Å². The Morgan fingerprint density at radius 1 is 1.26 bits per heavy atom. The van der Waals surface area contributed by atoms with Gasteiger partial charge in [0.1, 0.15) is 5.82 Å². The van der Waals surface area contributed by atoms with Crippen LogP contribution in [0.5, 0.6) is 0 Å². The molecule has 0 saturated heterocycles. The van der Waals surface area contributed by atoms with Gasteiger partial charge in [-0.25, -0.2) is 4.39 Å². The molecule has 0 amide bonds. The van der Waals surface area contributed by atoms with Crippen molar-refractivity contribution in [3.63, 3.8) is 0 Å². The quantitative estimate of drug-likeness (QED) is 0.911. The van der Waals surface area contributed by atoms with Gasteiger partial charge in [-0.1, -0.05) is 29.8 Å². The van der Waals surface area contributed by atoms with E-state index < -0.39 is 5.82 Å². The molecule has 0 aliphatic rings. The van der Waals surface area contributed by atoms with Crippen molar-refractivity contribution in [3.8, 4) is 0 Å². The highest BCUT2D eigenvalue weighted by Crippen LogP contribution is 2.21. The summed E-state index contributed by atoms with van der Waals surface area (Å²) < 4.78 is 13.3. The number of aromatic nitrogens is 1. The molecule has 0 aliphatic carbocycles. The molecular formula is C15H16ClFN2. The van der Waals surface area contributed by atoms with Crippen molar-refractivity contribution in [2.24, 2.45) is 5.73 Å². The third kappa shape index (κ3) is 4.01. The largest absolute Gasteiger partial charge is 0.327 e. The van der Waals surface area contributed by atoms with Crippen molar-refractivity contribution in [3.05, 3.63) is 64.7 Å². The van der Waals surface area contributed by atoms with Gasteiger partial charge in [-0.15, -0.1) is 0 Å². The molecule has 4 heteroatoms. The van der Waals surface area contributed by atoms with Gasteiger partial charge in [0.25, 0.3) is 0 Å². The lowest BCUT2D eigenvalue weighted by Crippen LogP contribution is -2.23. The molecule has 0 bridgehead atoms. The van der Waals surface area contributed by atoms with Crippen LogP contribution >= 0.6 is 11.6 Å². The van der Waals surface area contributed by atoms with E-state index >= 15 is 0 Å². The van der Waals surface area contributed by atoms with Crippen molar-refractivity contribution in [1.29, 1.82) is 0 Å². The van der Waals surface area contributed by atoms with E-state index in [-0.39, 0.29) is 11.1 Å². The number of pyridine rings is 1. The summed E-state index contributed by atoms with van der Waals surface area (Å²) in [5.41, 5.74) is 7.99. The SMILES string of the molecule is NC(CCc1cccnc1)Cc1cccc(F)c1Cl. The van der Waals surface area contributed by atoms with Crippen molar-refractivity contribution >= 4 is 11.6 Å². The molecule has 0 spiro atoms. The number of hydrogen-bond donors (Lipinski definition) is 1. The fourth-order valence-electron chi connectivity index (χ4n) is 1.99. The second kappa shape index (κ2) is 6.64. The molecule has 0 radical (unpaired) electrons. The first-order chi connectivity index (χ1) is 9.16. The van der Waals surface area contributed by atoms with Gasteiger partial charge in [-0.2, -0.15) is 0 Å². The molecule has 2 rings (SSSR count). The van der Waals surface area contributed by atoms with E-state index in [4.69, 9.17) is 17.3 Å². The first-order valence-corrected chi connectivity index (χ1v) is 6.62. The van der Waals surface area contributed by atoms with Crippen LogP contribution in [0.3, 0.4) is 0 Å². The predicted molar refractivity (Wildman–Crippen MR) is 75.6 cm³/mol. The minimum absolute atomic E-state index is 0.0421. The van der Waals surface area contributed by atoms with Crippen LogP contribution in [0, 0.1) is 5.82 Å². The van der Waals surface area contributed by atoms with Gasteiger partial charge < -0.3 is 5.73 Å². The number of aryl methyl sites for hydroxylation is 1. The van der Waals surface area contributed by atoms with E-state index in [1.807, 2.05) is 24.4 Å². The van der Waals surface area contributed by atoms with Gasteiger partial charge in [0, 0.05) is 18.4 Å². The molecule has 0 aliphatic heterocycles. The Labute approximate surface area is 117 Å². The first kappa shape index (κ1) is 14.0. The molecule has 2 aromatic rings. The third-order valence-corrected chi connectivity index (χ3v) is 3.46. The highest BCUT2D eigenvalue weighted by molar-refractivity contribution is 6.31. The lowest BCUT2D eigenvalue weighted by molar-refractivity contribution is 0.599. The molecule has 19 heavy (non-hydrogen) atoms. The summed E-state index contributed by atoms with van der Waals surface area (Å²) in [6.45, 7) is 0. The number of hydrogen-bond acceptors (Lipinski definition) is 2. The molecular weight excluding hydrogens is 263 g/mol. The van der Waals surface area contributed by atoms with Gasteiger partial charge in [-0.05, 0) is 42.5 Å². The minimum Gasteiger partial charge on any atom is -0.327 e. The van der Waals surface area contributed by atoms with E-state index in [1.54, 1.807) is 12.3 Å². The van der Waals surface area contributed by atoms with Gasteiger partial charge in [0.05, 0.1) is 5.02 Å². The Balaban J connectivity index is 1.91. The minimum atomic E-state index is -0.390. The summed E-state index contributed by atoms with van der Waals surface area (Å²) in [6, 6.07) is 8.71. The molecule has 1 aromatic heterocycles. The summed E-state index contributed by atoms with van der Waals surface area (Å²) in [4.78, 5) is 4.06. The van der Waals surface area contributed by atoms with Gasteiger partial charge in [0.2, 0.25) is 0 Å².